The molecule has 0 aromatic carbocycles. The van der Waals surface area contributed by atoms with Gasteiger partial charge in [0.25, 0.3) is 5.91 Å². The van der Waals surface area contributed by atoms with Crippen molar-refractivity contribution in [3.05, 3.63) is 57.6 Å². The minimum atomic E-state index is -0.308. The summed E-state index contributed by atoms with van der Waals surface area (Å²) in [7, 11) is 0. The largest absolute Gasteiger partial charge is 0.346 e. The molecule has 0 aliphatic rings. The van der Waals surface area contributed by atoms with E-state index in [0.29, 0.717) is 12.1 Å². The van der Waals surface area contributed by atoms with Crippen molar-refractivity contribution in [1.82, 2.24) is 15.3 Å². The lowest BCUT2D eigenvalue weighted by Gasteiger charge is -2.07. The van der Waals surface area contributed by atoms with Gasteiger partial charge in [-0.1, -0.05) is 29.3 Å². The Morgan fingerprint density at radius 1 is 1.37 bits per heavy atom. The van der Waals surface area contributed by atoms with E-state index in [0.717, 1.165) is 11.4 Å². The molecule has 0 aliphatic heterocycles. The molecular formula is C13H11Cl2N3O. The van der Waals surface area contributed by atoms with Crippen LogP contribution in [-0.2, 0) is 6.54 Å². The van der Waals surface area contributed by atoms with Crippen LogP contribution < -0.4 is 5.32 Å². The van der Waals surface area contributed by atoms with Gasteiger partial charge in [-0.2, -0.15) is 0 Å². The first-order valence-corrected chi connectivity index (χ1v) is 6.33. The van der Waals surface area contributed by atoms with E-state index in [1.807, 2.05) is 25.1 Å². The molecule has 0 saturated heterocycles. The van der Waals surface area contributed by atoms with Gasteiger partial charge in [-0.25, -0.2) is 4.98 Å². The molecule has 1 N–H and O–H groups in total. The lowest BCUT2D eigenvalue weighted by atomic mass is 10.2. The fourth-order valence-corrected chi connectivity index (χ4v) is 1.90. The summed E-state index contributed by atoms with van der Waals surface area (Å²) in [6, 6.07) is 7.06. The van der Waals surface area contributed by atoms with Gasteiger partial charge in [-0.15, -0.1) is 0 Å². The molecule has 2 heterocycles. The summed E-state index contributed by atoms with van der Waals surface area (Å²) in [5.41, 5.74) is 1.98. The van der Waals surface area contributed by atoms with Crippen LogP contribution in [0.5, 0.6) is 0 Å². The molecule has 4 nitrogen and oxygen atoms in total. The summed E-state index contributed by atoms with van der Waals surface area (Å²) in [4.78, 5) is 20.1. The SMILES string of the molecule is Cc1cccc(CNC(=O)c2cc(Cl)ncc2Cl)n1. The van der Waals surface area contributed by atoms with Crippen LogP contribution in [0.2, 0.25) is 10.2 Å². The van der Waals surface area contributed by atoms with Crippen LogP contribution in [0.4, 0.5) is 0 Å². The minimum Gasteiger partial charge on any atom is -0.346 e. The fraction of sp³-hybridized carbons (Fsp3) is 0.154. The number of halogens is 2. The van der Waals surface area contributed by atoms with Crippen molar-refractivity contribution in [1.29, 1.82) is 0 Å². The molecule has 0 aliphatic carbocycles. The molecule has 0 spiro atoms. The van der Waals surface area contributed by atoms with Gasteiger partial charge in [0.15, 0.2) is 0 Å². The first kappa shape index (κ1) is 13.8. The van der Waals surface area contributed by atoms with E-state index in [1.54, 1.807) is 0 Å². The summed E-state index contributed by atoms with van der Waals surface area (Å²) in [5, 5.41) is 3.23. The molecule has 98 valence electrons. The van der Waals surface area contributed by atoms with Crippen molar-refractivity contribution in [2.24, 2.45) is 0 Å². The molecule has 2 aromatic rings. The van der Waals surface area contributed by atoms with E-state index in [4.69, 9.17) is 23.2 Å². The second-order valence-electron chi connectivity index (χ2n) is 3.94. The summed E-state index contributed by atoms with van der Waals surface area (Å²) >= 11 is 11.6. The molecule has 0 unspecified atom stereocenters. The summed E-state index contributed by atoms with van der Waals surface area (Å²) in [5.74, 6) is -0.308. The summed E-state index contributed by atoms with van der Waals surface area (Å²) < 4.78 is 0. The van der Waals surface area contributed by atoms with Crippen LogP contribution in [0.3, 0.4) is 0 Å². The van der Waals surface area contributed by atoms with Crippen molar-refractivity contribution < 1.29 is 4.79 Å². The van der Waals surface area contributed by atoms with Gasteiger partial charge in [0.1, 0.15) is 5.15 Å². The average Bonchev–Trinajstić information content (AvgIpc) is 2.39. The van der Waals surface area contributed by atoms with Crippen LogP contribution >= 0.6 is 23.2 Å². The zero-order valence-electron chi connectivity index (χ0n) is 10.2. The molecule has 1 amide bonds. The van der Waals surface area contributed by atoms with E-state index in [9.17, 15) is 4.79 Å². The highest BCUT2D eigenvalue weighted by Crippen LogP contribution is 2.17. The van der Waals surface area contributed by atoms with Crippen LogP contribution in [-0.4, -0.2) is 15.9 Å². The van der Waals surface area contributed by atoms with Crippen molar-refractivity contribution >= 4 is 29.1 Å². The second-order valence-corrected chi connectivity index (χ2v) is 4.73. The standard InChI is InChI=1S/C13H11Cl2N3O/c1-8-3-2-4-9(18-8)6-17-13(19)10-5-12(15)16-7-11(10)14/h2-5,7H,6H2,1H3,(H,17,19). The predicted octanol–water partition coefficient (Wildman–Crippen LogP) is 3.02. The number of aryl methyl sites for hydroxylation is 1. The Morgan fingerprint density at radius 2 is 2.16 bits per heavy atom. The number of hydrogen-bond donors (Lipinski definition) is 1. The maximum absolute atomic E-state index is 12.0. The zero-order valence-corrected chi connectivity index (χ0v) is 11.7. The highest BCUT2D eigenvalue weighted by atomic mass is 35.5. The van der Waals surface area contributed by atoms with Crippen LogP contribution in [0.15, 0.2) is 30.5 Å². The van der Waals surface area contributed by atoms with E-state index >= 15 is 0 Å². The Hall–Kier alpha value is -1.65. The molecule has 0 fully saturated rings. The Labute approximate surface area is 120 Å². The first-order valence-electron chi connectivity index (χ1n) is 5.58. The Morgan fingerprint density at radius 3 is 2.89 bits per heavy atom. The third-order valence-corrected chi connectivity index (χ3v) is 2.95. The topological polar surface area (TPSA) is 54.9 Å². The molecular weight excluding hydrogens is 285 g/mol. The van der Waals surface area contributed by atoms with Crippen LogP contribution in [0.1, 0.15) is 21.7 Å². The van der Waals surface area contributed by atoms with E-state index in [2.05, 4.69) is 15.3 Å². The second kappa shape index (κ2) is 5.99. The zero-order chi connectivity index (χ0) is 13.8. The van der Waals surface area contributed by atoms with Gasteiger partial charge < -0.3 is 5.32 Å². The molecule has 19 heavy (non-hydrogen) atoms. The number of carbonyl (C=O) groups excluding carboxylic acids is 1. The predicted molar refractivity (Wildman–Crippen MR) is 74.4 cm³/mol. The Balaban J connectivity index is 2.07. The van der Waals surface area contributed by atoms with Crippen LogP contribution in [0, 0.1) is 6.92 Å². The number of nitrogens with zero attached hydrogens (tertiary/aromatic N) is 2. The smallest absolute Gasteiger partial charge is 0.253 e. The monoisotopic (exact) mass is 295 g/mol. The molecule has 2 rings (SSSR count). The number of amides is 1. The van der Waals surface area contributed by atoms with E-state index in [1.165, 1.54) is 12.3 Å². The number of nitrogens with one attached hydrogen (secondary N) is 1. The molecule has 6 heteroatoms. The third-order valence-electron chi connectivity index (χ3n) is 2.44. The van der Waals surface area contributed by atoms with Crippen molar-refractivity contribution in [2.75, 3.05) is 0 Å². The molecule has 0 saturated carbocycles. The lowest BCUT2D eigenvalue weighted by molar-refractivity contribution is 0.0950. The number of rotatable bonds is 3. The quantitative estimate of drug-likeness (QED) is 0.886. The van der Waals surface area contributed by atoms with E-state index < -0.39 is 0 Å². The molecule has 2 aromatic heterocycles. The van der Waals surface area contributed by atoms with Crippen LogP contribution in [0.25, 0.3) is 0 Å². The van der Waals surface area contributed by atoms with Gasteiger partial charge in [-0.3, -0.25) is 9.78 Å². The average molecular weight is 296 g/mol. The maximum Gasteiger partial charge on any atom is 0.253 e. The third kappa shape index (κ3) is 3.66. The summed E-state index contributed by atoms with van der Waals surface area (Å²) in [6.45, 7) is 2.22. The molecule has 0 radical (unpaired) electrons. The van der Waals surface area contributed by atoms with Gasteiger partial charge in [0.2, 0.25) is 0 Å². The molecule has 0 bridgehead atoms. The number of hydrogen-bond acceptors (Lipinski definition) is 3. The fourth-order valence-electron chi connectivity index (χ4n) is 1.55. The minimum absolute atomic E-state index is 0.225. The van der Waals surface area contributed by atoms with Gasteiger partial charge in [-0.05, 0) is 25.1 Å². The normalized spacial score (nSPS) is 10.3. The Bertz CT molecular complexity index is 617. The maximum atomic E-state index is 12.0. The lowest BCUT2D eigenvalue weighted by Crippen LogP contribution is -2.23. The number of aromatic nitrogens is 2. The van der Waals surface area contributed by atoms with Crippen molar-refractivity contribution in [3.63, 3.8) is 0 Å². The van der Waals surface area contributed by atoms with Gasteiger partial charge in [0, 0.05) is 11.9 Å². The summed E-state index contributed by atoms with van der Waals surface area (Å²) in [6.07, 6.45) is 1.35. The highest BCUT2D eigenvalue weighted by molar-refractivity contribution is 6.35. The van der Waals surface area contributed by atoms with Crippen molar-refractivity contribution in [3.8, 4) is 0 Å². The Kier molecular flexibility index (Phi) is 4.35. The van der Waals surface area contributed by atoms with Crippen molar-refractivity contribution in [2.45, 2.75) is 13.5 Å². The number of carbonyl (C=O) groups is 1. The van der Waals surface area contributed by atoms with Gasteiger partial charge >= 0.3 is 0 Å². The highest BCUT2D eigenvalue weighted by Gasteiger charge is 2.11. The van der Waals surface area contributed by atoms with E-state index in [-0.39, 0.29) is 16.1 Å². The first-order chi connectivity index (χ1) is 9.06. The molecule has 0 atom stereocenters. The van der Waals surface area contributed by atoms with Gasteiger partial charge in [0.05, 0.1) is 22.8 Å². The number of pyridine rings is 2.